The molecule has 0 saturated heterocycles. The third kappa shape index (κ3) is 2.66. The molecule has 108 valence electrons. The summed E-state index contributed by atoms with van der Waals surface area (Å²) in [5.41, 5.74) is 9.35. The fourth-order valence-electron chi connectivity index (χ4n) is 2.94. The number of hydrogen-bond acceptors (Lipinski definition) is 4. The lowest BCUT2D eigenvalue weighted by Crippen LogP contribution is -2.20. The van der Waals surface area contributed by atoms with E-state index in [2.05, 4.69) is 11.4 Å². The monoisotopic (exact) mass is 283 g/mol. The average molecular weight is 283 g/mol. The lowest BCUT2D eigenvalue weighted by molar-refractivity contribution is -0.385. The molecule has 0 saturated carbocycles. The molecule has 2 aromatic carbocycles. The van der Waals surface area contributed by atoms with Gasteiger partial charge in [0.25, 0.3) is 5.69 Å². The van der Waals surface area contributed by atoms with Gasteiger partial charge in [-0.3, -0.25) is 10.1 Å². The zero-order chi connectivity index (χ0) is 14.8. The van der Waals surface area contributed by atoms with Gasteiger partial charge in [-0.2, -0.15) is 0 Å². The quantitative estimate of drug-likeness (QED) is 0.667. The second-order valence-corrected chi connectivity index (χ2v) is 5.29. The molecule has 2 unspecified atom stereocenters. The SMILES string of the molecule is NC1CC(NCc2ccccc2[N+](=O)[O-])c2ccccc21. The second kappa shape index (κ2) is 5.63. The van der Waals surface area contributed by atoms with Gasteiger partial charge < -0.3 is 11.1 Å². The van der Waals surface area contributed by atoms with Crippen LogP contribution in [0.4, 0.5) is 5.69 Å². The highest BCUT2D eigenvalue weighted by atomic mass is 16.6. The minimum Gasteiger partial charge on any atom is -0.324 e. The first-order valence-electron chi connectivity index (χ1n) is 6.97. The third-order valence-electron chi connectivity index (χ3n) is 3.99. The van der Waals surface area contributed by atoms with Crippen LogP contribution in [0.15, 0.2) is 48.5 Å². The van der Waals surface area contributed by atoms with Crippen LogP contribution in [0, 0.1) is 10.1 Å². The smallest absolute Gasteiger partial charge is 0.273 e. The molecule has 0 amide bonds. The predicted octanol–water partition coefficient (Wildman–Crippen LogP) is 2.83. The molecular weight excluding hydrogens is 266 g/mol. The second-order valence-electron chi connectivity index (χ2n) is 5.29. The number of nitrogens with one attached hydrogen (secondary N) is 1. The molecule has 2 atom stereocenters. The Morgan fingerprint density at radius 3 is 2.57 bits per heavy atom. The maximum absolute atomic E-state index is 11.0. The summed E-state index contributed by atoms with van der Waals surface area (Å²) in [6, 6.07) is 15.1. The zero-order valence-electron chi connectivity index (χ0n) is 11.5. The molecule has 3 N–H and O–H groups in total. The number of nitro groups is 1. The van der Waals surface area contributed by atoms with Gasteiger partial charge in [0, 0.05) is 30.3 Å². The summed E-state index contributed by atoms with van der Waals surface area (Å²) in [5.74, 6) is 0. The standard InChI is InChI=1S/C16H17N3O2/c17-14-9-15(13-7-3-2-6-12(13)14)18-10-11-5-1-4-8-16(11)19(20)21/h1-8,14-15,18H,9-10,17H2. The molecule has 0 fully saturated rings. The summed E-state index contributed by atoms with van der Waals surface area (Å²) in [5, 5.41) is 14.4. The molecule has 0 aromatic heterocycles. The molecule has 5 heteroatoms. The Morgan fingerprint density at radius 2 is 1.81 bits per heavy atom. The molecule has 0 spiro atoms. The Kier molecular flexibility index (Phi) is 3.68. The van der Waals surface area contributed by atoms with Crippen LogP contribution in [0.5, 0.6) is 0 Å². The van der Waals surface area contributed by atoms with E-state index in [1.807, 2.05) is 24.3 Å². The molecule has 0 heterocycles. The van der Waals surface area contributed by atoms with Crippen LogP contribution in [0.2, 0.25) is 0 Å². The van der Waals surface area contributed by atoms with Crippen molar-refractivity contribution in [1.29, 1.82) is 0 Å². The molecule has 3 rings (SSSR count). The number of fused-ring (bicyclic) bond motifs is 1. The summed E-state index contributed by atoms with van der Waals surface area (Å²) in [7, 11) is 0. The van der Waals surface area contributed by atoms with E-state index < -0.39 is 0 Å². The van der Waals surface area contributed by atoms with Crippen LogP contribution in [-0.4, -0.2) is 4.92 Å². The predicted molar refractivity (Wildman–Crippen MR) is 80.7 cm³/mol. The Labute approximate surface area is 122 Å². The maximum Gasteiger partial charge on any atom is 0.273 e. The van der Waals surface area contributed by atoms with E-state index in [0.717, 1.165) is 12.0 Å². The molecule has 2 aromatic rings. The van der Waals surface area contributed by atoms with Crippen LogP contribution < -0.4 is 11.1 Å². The fraction of sp³-hybridized carbons (Fsp3) is 0.250. The van der Waals surface area contributed by atoms with Gasteiger partial charge in [-0.25, -0.2) is 0 Å². The van der Waals surface area contributed by atoms with E-state index >= 15 is 0 Å². The van der Waals surface area contributed by atoms with E-state index in [9.17, 15) is 10.1 Å². The molecule has 21 heavy (non-hydrogen) atoms. The molecule has 5 nitrogen and oxygen atoms in total. The minimum absolute atomic E-state index is 0.0319. The summed E-state index contributed by atoms with van der Waals surface area (Å²) in [4.78, 5) is 10.7. The normalized spacial score (nSPS) is 20.2. The molecular formula is C16H17N3O2. The number of hydrogen-bond donors (Lipinski definition) is 2. The van der Waals surface area contributed by atoms with Crippen LogP contribution in [0.1, 0.15) is 35.2 Å². The van der Waals surface area contributed by atoms with Crippen molar-refractivity contribution in [2.45, 2.75) is 25.0 Å². The van der Waals surface area contributed by atoms with Crippen molar-refractivity contribution in [1.82, 2.24) is 5.32 Å². The number of benzene rings is 2. The highest BCUT2D eigenvalue weighted by Crippen LogP contribution is 2.37. The number of nitrogens with zero attached hydrogens (tertiary/aromatic N) is 1. The van der Waals surface area contributed by atoms with E-state index in [1.165, 1.54) is 11.6 Å². The maximum atomic E-state index is 11.0. The Hall–Kier alpha value is -2.24. The Bertz CT molecular complexity index is 672. The van der Waals surface area contributed by atoms with Crippen molar-refractivity contribution in [3.05, 3.63) is 75.3 Å². The molecule has 1 aliphatic rings. The van der Waals surface area contributed by atoms with Gasteiger partial charge in [0.05, 0.1) is 4.92 Å². The summed E-state index contributed by atoms with van der Waals surface area (Å²) < 4.78 is 0. The van der Waals surface area contributed by atoms with Crippen molar-refractivity contribution >= 4 is 5.69 Å². The molecule has 1 aliphatic carbocycles. The summed E-state index contributed by atoms with van der Waals surface area (Å²) in [6.07, 6.45) is 0.819. The van der Waals surface area contributed by atoms with E-state index in [0.29, 0.717) is 12.1 Å². The average Bonchev–Trinajstić information content (AvgIpc) is 2.82. The lowest BCUT2D eigenvalue weighted by Gasteiger charge is -2.14. The van der Waals surface area contributed by atoms with Gasteiger partial charge in [-0.05, 0) is 17.5 Å². The number of rotatable bonds is 4. The number of para-hydroxylation sites is 1. The Morgan fingerprint density at radius 1 is 1.14 bits per heavy atom. The van der Waals surface area contributed by atoms with Gasteiger partial charge in [0.1, 0.15) is 0 Å². The van der Waals surface area contributed by atoms with Gasteiger partial charge in [0.15, 0.2) is 0 Å². The number of nitro benzene ring substituents is 1. The molecule has 0 radical (unpaired) electrons. The molecule has 0 bridgehead atoms. The van der Waals surface area contributed by atoms with Crippen molar-refractivity contribution in [2.24, 2.45) is 5.73 Å². The van der Waals surface area contributed by atoms with Crippen molar-refractivity contribution in [2.75, 3.05) is 0 Å². The van der Waals surface area contributed by atoms with Crippen LogP contribution in [-0.2, 0) is 6.54 Å². The van der Waals surface area contributed by atoms with Crippen LogP contribution >= 0.6 is 0 Å². The van der Waals surface area contributed by atoms with Crippen molar-refractivity contribution < 1.29 is 4.92 Å². The van der Waals surface area contributed by atoms with E-state index in [1.54, 1.807) is 12.1 Å². The first-order chi connectivity index (χ1) is 10.2. The van der Waals surface area contributed by atoms with Gasteiger partial charge in [-0.15, -0.1) is 0 Å². The lowest BCUT2D eigenvalue weighted by atomic mass is 10.1. The summed E-state index contributed by atoms with van der Waals surface area (Å²) >= 11 is 0. The van der Waals surface area contributed by atoms with Crippen molar-refractivity contribution in [3.8, 4) is 0 Å². The highest BCUT2D eigenvalue weighted by molar-refractivity contribution is 5.41. The minimum atomic E-state index is -0.342. The van der Waals surface area contributed by atoms with Crippen LogP contribution in [0.25, 0.3) is 0 Å². The summed E-state index contributed by atoms with van der Waals surface area (Å²) in [6.45, 7) is 0.461. The topological polar surface area (TPSA) is 81.2 Å². The zero-order valence-corrected chi connectivity index (χ0v) is 11.5. The molecule has 0 aliphatic heterocycles. The van der Waals surface area contributed by atoms with Crippen LogP contribution in [0.3, 0.4) is 0 Å². The van der Waals surface area contributed by atoms with Gasteiger partial charge >= 0.3 is 0 Å². The van der Waals surface area contributed by atoms with Gasteiger partial charge in [-0.1, -0.05) is 42.5 Å². The van der Waals surface area contributed by atoms with E-state index in [4.69, 9.17) is 5.73 Å². The highest BCUT2D eigenvalue weighted by Gasteiger charge is 2.28. The first-order valence-corrected chi connectivity index (χ1v) is 6.97. The van der Waals surface area contributed by atoms with Crippen molar-refractivity contribution in [3.63, 3.8) is 0 Å². The number of nitrogens with two attached hydrogens (primary N) is 1. The first kappa shape index (κ1) is 13.7. The Balaban J connectivity index is 1.77. The van der Waals surface area contributed by atoms with Gasteiger partial charge in [0.2, 0.25) is 0 Å². The third-order valence-corrected chi connectivity index (χ3v) is 3.99. The fourth-order valence-corrected chi connectivity index (χ4v) is 2.94. The largest absolute Gasteiger partial charge is 0.324 e. The van der Waals surface area contributed by atoms with E-state index in [-0.39, 0.29) is 22.7 Å².